The van der Waals surface area contributed by atoms with Crippen molar-refractivity contribution in [3.8, 4) is 0 Å². The molecule has 64 valence electrons. The first-order chi connectivity index (χ1) is 5.22. The highest BCUT2D eigenvalue weighted by Crippen LogP contribution is 1.94. The summed E-state index contributed by atoms with van der Waals surface area (Å²) in [5.74, 6) is -0.701. The molecule has 0 saturated heterocycles. The maximum Gasteiger partial charge on any atom is 0.330 e. The van der Waals surface area contributed by atoms with Crippen molar-refractivity contribution in [1.29, 1.82) is 0 Å². The van der Waals surface area contributed by atoms with Gasteiger partial charge in [0.15, 0.2) is 0 Å². The van der Waals surface area contributed by atoms with E-state index in [0.717, 1.165) is 0 Å². The Labute approximate surface area is 64.7 Å². The predicted octanol–water partition coefficient (Wildman–Crippen LogP) is -1.25. The molecule has 0 rings (SSSR count). The lowest BCUT2D eigenvalue weighted by Gasteiger charge is -2.05. The summed E-state index contributed by atoms with van der Waals surface area (Å²) < 4.78 is 4.02. The third kappa shape index (κ3) is 4.46. The zero-order valence-electron chi connectivity index (χ0n) is 6.16. The van der Waals surface area contributed by atoms with Gasteiger partial charge in [0.25, 0.3) is 0 Å². The fraction of sp³-hybridized carbons (Fsp3) is 0.667. The Balaban J connectivity index is 3.54. The smallest absolute Gasteiger partial charge is 0.330 e. The van der Waals surface area contributed by atoms with Crippen LogP contribution in [-0.2, 0) is 14.3 Å². The second kappa shape index (κ2) is 5.82. The van der Waals surface area contributed by atoms with Crippen LogP contribution in [0.15, 0.2) is 0 Å². The molecule has 0 fully saturated rings. The van der Waals surface area contributed by atoms with E-state index in [-0.39, 0.29) is 6.47 Å². The van der Waals surface area contributed by atoms with Crippen molar-refractivity contribution < 1.29 is 14.3 Å². The molecule has 0 unspecified atom stereocenters. The zero-order chi connectivity index (χ0) is 8.69. The summed E-state index contributed by atoms with van der Waals surface area (Å²) in [6, 6.07) is -0.733. The Morgan fingerprint density at radius 2 is 2.27 bits per heavy atom. The van der Waals surface area contributed by atoms with Crippen LogP contribution in [0, 0.1) is 0 Å². The van der Waals surface area contributed by atoms with Gasteiger partial charge in [0.05, 0.1) is 0 Å². The molecule has 4 N–H and O–H groups in total. The molecular weight excluding hydrogens is 148 g/mol. The number of carbonyl (C=O) groups excluding carboxylic acids is 2. The molecule has 0 aromatic rings. The Kier molecular flexibility index (Phi) is 5.32. The van der Waals surface area contributed by atoms with Gasteiger partial charge in [-0.1, -0.05) is 0 Å². The van der Waals surface area contributed by atoms with Crippen LogP contribution in [0.1, 0.15) is 12.8 Å². The molecule has 0 bridgehead atoms. The number of hydrogen-bond acceptors (Lipinski definition) is 5. The van der Waals surface area contributed by atoms with Crippen LogP contribution in [0.5, 0.6) is 0 Å². The topological polar surface area (TPSA) is 95.4 Å². The molecule has 0 saturated carbocycles. The number of esters is 1. The molecule has 0 heterocycles. The van der Waals surface area contributed by atoms with Crippen LogP contribution in [-0.4, -0.2) is 25.0 Å². The van der Waals surface area contributed by atoms with E-state index in [2.05, 4.69) is 4.74 Å². The maximum absolute atomic E-state index is 10.6. The molecule has 0 aromatic carbocycles. The SMILES string of the molecule is NCCC[C@@H](N)C(=O)OC=O. The third-order valence-electron chi connectivity index (χ3n) is 1.19. The molecule has 0 aliphatic rings. The largest absolute Gasteiger partial charge is 0.394 e. The van der Waals surface area contributed by atoms with E-state index in [4.69, 9.17) is 11.5 Å². The van der Waals surface area contributed by atoms with E-state index in [1.165, 1.54) is 0 Å². The average molecular weight is 160 g/mol. The quantitative estimate of drug-likeness (QED) is 0.298. The highest BCUT2D eigenvalue weighted by molar-refractivity contribution is 5.81. The van der Waals surface area contributed by atoms with E-state index in [0.29, 0.717) is 19.4 Å². The highest BCUT2D eigenvalue weighted by atomic mass is 16.6. The van der Waals surface area contributed by atoms with Gasteiger partial charge in [-0.25, -0.2) is 4.79 Å². The maximum atomic E-state index is 10.6. The van der Waals surface area contributed by atoms with Crippen molar-refractivity contribution in [2.45, 2.75) is 18.9 Å². The molecule has 0 amide bonds. The van der Waals surface area contributed by atoms with Crippen molar-refractivity contribution in [3.05, 3.63) is 0 Å². The van der Waals surface area contributed by atoms with Crippen LogP contribution in [0.2, 0.25) is 0 Å². The molecule has 11 heavy (non-hydrogen) atoms. The fourth-order valence-corrected chi connectivity index (χ4v) is 0.590. The number of rotatable bonds is 5. The van der Waals surface area contributed by atoms with E-state index in [1.807, 2.05) is 0 Å². The lowest BCUT2D eigenvalue weighted by Crippen LogP contribution is -2.32. The molecule has 0 radical (unpaired) electrons. The molecule has 0 aromatic heterocycles. The summed E-state index contributed by atoms with van der Waals surface area (Å²) in [4.78, 5) is 20.3. The number of carbonyl (C=O) groups is 2. The van der Waals surface area contributed by atoms with Gasteiger partial charge >= 0.3 is 12.4 Å². The van der Waals surface area contributed by atoms with Crippen molar-refractivity contribution in [3.63, 3.8) is 0 Å². The van der Waals surface area contributed by atoms with Crippen molar-refractivity contribution in [2.24, 2.45) is 11.5 Å². The van der Waals surface area contributed by atoms with Crippen LogP contribution < -0.4 is 11.5 Å². The number of nitrogens with two attached hydrogens (primary N) is 2. The Bertz CT molecular complexity index is 138. The molecule has 5 heteroatoms. The summed E-state index contributed by atoms with van der Waals surface area (Å²) in [6.45, 7) is 0.548. The van der Waals surface area contributed by atoms with Crippen LogP contribution in [0.4, 0.5) is 0 Å². The second-order valence-electron chi connectivity index (χ2n) is 2.07. The molecule has 1 atom stereocenters. The van der Waals surface area contributed by atoms with E-state index >= 15 is 0 Å². The lowest BCUT2D eigenvalue weighted by atomic mass is 10.2. The molecule has 5 nitrogen and oxygen atoms in total. The van der Waals surface area contributed by atoms with Gasteiger partial charge in [-0.05, 0) is 19.4 Å². The van der Waals surface area contributed by atoms with E-state index in [9.17, 15) is 9.59 Å². The summed E-state index contributed by atoms with van der Waals surface area (Å²) in [5.41, 5.74) is 10.5. The Morgan fingerprint density at radius 3 is 2.73 bits per heavy atom. The van der Waals surface area contributed by atoms with E-state index in [1.54, 1.807) is 0 Å². The molecule has 0 spiro atoms. The van der Waals surface area contributed by atoms with Gasteiger partial charge < -0.3 is 16.2 Å². The summed E-state index contributed by atoms with van der Waals surface area (Å²) in [6.07, 6.45) is 1.10. The minimum absolute atomic E-state index is 0.0740. The summed E-state index contributed by atoms with van der Waals surface area (Å²) >= 11 is 0. The highest BCUT2D eigenvalue weighted by Gasteiger charge is 2.13. The van der Waals surface area contributed by atoms with Crippen molar-refractivity contribution in [1.82, 2.24) is 0 Å². The lowest BCUT2D eigenvalue weighted by molar-refractivity contribution is -0.152. The Hall–Kier alpha value is -0.940. The van der Waals surface area contributed by atoms with E-state index < -0.39 is 12.0 Å². The van der Waals surface area contributed by atoms with Gasteiger partial charge in [-0.15, -0.1) is 0 Å². The fourth-order valence-electron chi connectivity index (χ4n) is 0.590. The van der Waals surface area contributed by atoms with Crippen molar-refractivity contribution in [2.75, 3.05) is 6.54 Å². The zero-order valence-corrected chi connectivity index (χ0v) is 6.16. The van der Waals surface area contributed by atoms with Gasteiger partial charge in [0, 0.05) is 0 Å². The summed E-state index contributed by atoms with van der Waals surface area (Å²) in [7, 11) is 0. The number of ether oxygens (including phenoxy) is 1. The predicted molar refractivity (Wildman–Crippen MR) is 38.4 cm³/mol. The standard InChI is InChI=1S/C6H12N2O3/c7-3-1-2-5(8)6(10)11-4-9/h4-5H,1-3,7-8H2/t5-/m1/s1. The second-order valence-corrected chi connectivity index (χ2v) is 2.07. The Morgan fingerprint density at radius 1 is 1.64 bits per heavy atom. The van der Waals surface area contributed by atoms with Crippen molar-refractivity contribution >= 4 is 12.4 Å². The van der Waals surface area contributed by atoms with Crippen LogP contribution >= 0.6 is 0 Å². The van der Waals surface area contributed by atoms with Gasteiger partial charge in [0.1, 0.15) is 6.04 Å². The monoisotopic (exact) mass is 160 g/mol. The van der Waals surface area contributed by atoms with Crippen LogP contribution in [0.3, 0.4) is 0 Å². The molecule has 0 aliphatic carbocycles. The van der Waals surface area contributed by atoms with Crippen LogP contribution in [0.25, 0.3) is 0 Å². The minimum Gasteiger partial charge on any atom is -0.394 e. The van der Waals surface area contributed by atoms with Gasteiger partial charge in [-0.3, -0.25) is 4.79 Å². The van der Waals surface area contributed by atoms with Gasteiger partial charge in [-0.2, -0.15) is 0 Å². The first-order valence-electron chi connectivity index (χ1n) is 3.32. The first kappa shape index (κ1) is 10.1. The third-order valence-corrected chi connectivity index (χ3v) is 1.19. The number of hydrogen-bond donors (Lipinski definition) is 2. The van der Waals surface area contributed by atoms with Gasteiger partial charge in [0.2, 0.25) is 0 Å². The first-order valence-corrected chi connectivity index (χ1v) is 3.32. The molecular formula is C6H12N2O3. The minimum atomic E-state index is -0.733. The molecule has 0 aliphatic heterocycles. The summed E-state index contributed by atoms with van der Waals surface area (Å²) in [5, 5.41) is 0. The normalized spacial score (nSPS) is 12.2. The average Bonchev–Trinajstić information content (AvgIpc) is 2.00.